The topological polar surface area (TPSA) is 77.8 Å². The van der Waals surface area contributed by atoms with Gasteiger partial charge in [0.05, 0.1) is 11.6 Å². The lowest BCUT2D eigenvalue weighted by Crippen LogP contribution is -2.29. The molecule has 32 heavy (non-hydrogen) atoms. The van der Waals surface area contributed by atoms with Crippen LogP contribution in [0.25, 0.3) is 5.76 Å². The molecule has 1 aliphatic heterocycles. The van der Waals surface area contributed by atoms with Crippen LogP contribution in [0.1, 0.15) is 40.8 Å². The number of rotatable bonds is 4. The van der Waals surface area contributed by atoms with Gasteiger partial charge in [0.15, 0.2) is 0 Å². The summed E-state index contributed by atoms with van der Waals surface area (Å²) in [5.74, 6) is -1.57. The van der Waals surface area contributed by atoms with Crippen LogP contribution in [0.5, 0.6) is 5.75 Å². The predicted octanol–water partition coefficient (Wildman–Crippen LogP) is 5.20. The molecule has 0 radical (unpaired) electrons. The van der Waals surface area contributed by atoms with Gasteiger partial charge in [0.2, 0.25) is 0 Å². The highest BCUT2D eigenvalue weighted by Crippen LogP contribution is 2.42. The van der Waals surface area contributed by atoms with Gasteiger partial charge in [-0.25, -0.2) is 0 Å². The first-order valence-electron chi connectivity index (χ1n) is 10.6. The molecule has 2 N–H and O–H groups in total. The lowest BCUT2D eigenvalue weighted by atomic mass is 9.94. The Balaban J connectivity index is 1.92. The molecule has 1 saturated heterocycles. The molecule has 1 heterocycles. The van der Waals surface area contributed by atoms with Crippen LogP contribution >= 0.6 is 0 Å². The van der Waals surface area contributed by atoms with Crippen LogP contribution in [0.4, 0.5) is 5.69 Å². The number of aliphatic hydroxyl groups is 1. The SMILES string of the molecule is CCc1ccc(N2C(=O)C(=O)/C(=C(\O)c3ccc(C)c(C)c3)C2c2ccc(O)cc2)cc1. The number of hydrogen-bond acceptors (Lipinski definition) is 4. The number of Topliss-reactive ketones (excluding diaryl/α,β-unsaturated/α-hetero) is 1. The molecule has 0 aromatic heterocycles. The molecule has 0 saturated carbocycles. The first-order valence-corrected chi connectivity index (χ1v) is 10.6. The Hall–Kier alpha value is -3.86. The van der Waals surface area contributed by atoms with Crippen LogP contribution in [-0.4, -0.2) is 21.9 Å². The largest absolute Gasteiger partial charge is 0.508 e. The number of hydrogen-bond donors (Lipinski definition) is 2. The Labute approximate surface area is 187 Å². The molecule has 1 unspecified atom stereocenters. The highest BCUT2D eigenvalue weighted by Gasteiger charge is 2.46. The molecule has 0 aliphatic carbocycles. The monoisotopic (exact) mass is 427 g/mol. The van der Waals surface area contributed by atoms with Crippen molar-refractivity contribution >= 4 is 23.1 Å². The Morgan fingerprint density at radius 1 is 0.906 bits per heavy atom. The number of aromatic hydroxyl groups is 1. The molecule has 5 nitrogen and oxygen atoms in total. The van der Waals surface area contributed by atoms with E-state index in [2.05, 4.69) is 0 Å². The second-order valence-corrected chi connectivity index (χ2v) is 8.08. The van der Waals surface area contributed by atoms with Crippen molar-refractivity contribution in [1.29, 1.82) is 0 Å². The van der Waals surface area contributed by atoms with E-state index in [1.807, 2.05) is 57.2 Å². The molecule has 1 atom stereocenters. The number of aliphatic hydroxyl groups excluding tert-OH is 1. The number of anilines is 1. The summed E-state index contributed by atoms with van der Waals surface area (Å²) in [6.07, 6.45) is 0.854. The molecule has 4 rings (SSSR count). The van der Waals surface area contributed by atoms with E-state index in [-0.39, 0.29) is 17.1 Å². The minimum atomic E-state index is -0.815. The fourth-order valence-electron chi connectivity index (χ4n) is 4.01. The maximum Gasteiger partial charge on any atom is 0.300 e. The van der Waals surface area contributed by atoms with Crippen LogP contribution in [-0.2, 0) is 16.0 Å². The molecule has 3 aromatic carbocycles. The summed E-state index contributed by atoms with van der Waals surface area (Å²) in [4.78, 5) is 27.7. The Morgan fingerprint density at radius 3 is 2.16 bits per heavy atom. The normalized spacial score (nSPS) is 17.7. The maximum absolute atomic E-state index is 13.2. The number of amides is 1. The third-order valence-electron chi connectivity index (χ3n) is 6.06. The minimum absolute atomic E-state index is 0.0310. The van der Waals surface area contributed by atoms with Gasteiger partial charge in [-0.2, -0.15) is 0 Å². The van der Waals surface area contributed by atoms with E-state index in [1.165, 1.54) is 17.0 Å². The Kier molecular flexibility index (Phi) is 5.57. The molecule has 5 heteroatoms. The lowest BCUT2D eigenvalue weighted by molar-refractivity contribution is -0.132. The maximum atomic E-state index is 13.2. The quantitative estimate of drug-likeness (QED) is 0.341. The van der Waals surface area contributed by atoms with Crippen molar-refractivity contribution in [2.45, 2.75) is 33.2 Å². The first-order chi connectivity index (χ1) is 15.3. The van der Waals surface area contributed by atoms with Gasteiger partial charge in [0.25, 0.3) is 11.7 Å². The predicted molar refractivity (Wildman–Crippen MR) is 125 cm³/mol. The van der Waals surface area contributed by atoms with Gasteiger partial charge >= 0.3 is 0 Å². The van der Waals surface area contributed by atoms with Crippen molar-refractivity contribution in [3.05, 3.63) is 100 Å². The molecule has 1 amide bonds. The van der Waals surface area contributed by atoms with Crippen molar-refractivity contribution in [1.82, 2.24) is 0 Å². The average molecular weight is 428 g/mol. The highest BCUT2D eigenvalue weighted by molar-refractivity contribution is 6.51. The van der Waals surface area contributed by atoms with Gasteiger partial charge in [-0.05, 0) is 72.9 Å². The van der Waals surface area contributed by atoms with Crippen molar-refractivity contribution < 1.29 is 19.8 Å². The zero-order valence-corrected chi connectivity index (χ0v) is 18.3. The standard InChI is InChI=1S/C27H25NO4/c1-4-18-6-11-21(12-7-18)28-24(19-9-13-22(29)14-10-19)23(26(31)27(28)32)25(30)20-8-5-16(2)17(3)15-20/h5-15,24,29-30H,4H2,1-3H3/b25-23-. The van der Waals surface area contributed by atoms with Crippen LogP contribution in [0.3, 0.4) is 0 Å². The summed E-state index contributed by atoms with van der Waals surface area (Å²) in [7, 11) is 0. The number of phenolic OH excluding ortho intramolecular Hbond substituents is 1. The number of ketones is 1. The third kappa shape index (κ3) is 3.66. The number of nitrogens with zero attached hydrogens (tertiary/aromatic N) is 1. The van der Waals surface area contributed by atoms with E-state index in [4.69, 9.17) is 0 Å². The van der Waals surface area contributed by atoms with Gasteiger partial charge in [-0.1, -0.05) is 43.3 Å². The number of aryl methyl sites for hydroxylation is 3. The molecule has 1 aliphatic rings. The van der Waals surface area contributed by atoms with E-state index in [0.717, 1.165) is 23.1 Å². The third-order valence-corrected chi connectivity index (χ3v) is 6.06. The molecule has 0 bridgehead atoms. The summed E-state index contributed by atoms with van der Waals surface area (Å²) >= 11 is 0. The van der Waals surface area contributed by atoms with Crippen molar-refractivity contribution in [2.24, 2.45) is 0 Å². The Bertz CT molecular complexity index is 1220. The second kappa shape index (κ2) is 8.35. The van der Waals surface area contributed by atoms with E-state index in [0.29, 0.717) is 16.8 Å². The molecule has 3 aromatic rings. The van der Waals surface area contributed by atoms with Gasteiger partial charge in [-0.3, -0.25) is 14.5 Å². The van der Waals surface area contributed by atoms with E-state index in [9.17, 15) is 19.8 Å². The first kappa shape index (κ1) is 21.4. The molecule has 0 spiro atoms. The van der Waals surface area contributed by atoms with Crippen LogP contribution in [0.2, 0.25) is 0 Å². The summed E-state index contributed by atoms with van der Waals surface area (Å²) in [5, 5.41) is 20.9. The smallest absolute Gasteiger partial charge is 0.300 e. The highest BCUT2D eigenvalue weighted by atomic mass is 16.3. The van der Waals surface area contributed by atoms with Gasteiger partial charge < -0.3 is 10.2 Å². The van der Waals surface area contributed by atoms with Crippen LogP contribution < -0.4 is 4.90 Å². The Morgan fingerprint density at radius 2 is 1.56 bits per heavy atom. The zero-order valence-electron chi connectivity index (χ0n) is 18.3. The summed E-state index contributed by atoms with van der Waals surface area (Å²) in [6, 6.07) is 18.4. The van der Waals surface area contributed by atoms with Crippen molar-refractivity contribution in [3.63, 3.8) is 0 Å². The summed E-state index contributed by atoms with van der Waals surface area (Å²) in [5.41, 5.74) is 4.85. The molecular weight excluding hydrogens is 402 g/mol. The summed E-state index contributed by atoms with van der Waals surface area (Å²) in [6.45, 7) is 5.94. The molecular formula is C27H25NO4. The number of carbonyl (C=O) groups is 2. The van der Waals surface area contributed by atoms with Crippen molar-refractivity contribution in [2.75, 3.05) is 4.90 Å². The van der Waals surface area contributed by atoms with Crippen molar-refractivity contribution in [3.8, 4) is 5.75 Å². The van der Waals surface area contributed by atoms with Gasteiger partial charge in [-0.15, -0.1) is 0 Å². The van der Waals surface area contributed by atoms with Gasteiger partial charge in [0, 0.05) is 11.3 Å². The fraction of sp³-hybridized carbons (Fsp3) is 0.185. The zero-order chi connectivity index (χ0) is 23.0. The molecule has 1 fully saturated rings. The number of benzene rings is 3. The minimum Gasteiger partial charge on any atom is -0.508 e. The van der Waals surface area contributed by atoms with Crippen LogP contribution in [0, 0.1) is 13.8 Å². The number of carbonyl (C=O) groups excluding carboxylic acids is 2. The second-order valence-electron chi connectivity index (χ2n) is 8.08. The van der Waals surface area contributed by atoms with E-state index < -0.39 is 17.7 Å². The van der Waals surface area contributed by atoms with Gasteiger partial charge in [0.1, 0.15) is 11.5 Å². The van der Waals surface area contributed by atoms with E-state index >= 15 is 0 Å². The van der Waals surface area contributed by atoms with E-state index in [1.54, 1.807) is 18.2 Å². The molecule has 162 valence electrons. The summed E-state index contributed by atoms with van der Waals surface area (Å²) < 4.78 is 0. The number of phenols is 1. The fourth-order valence-corrected chi connectivity index (χ4v) is 4.01. The lowest BCUT2D eigenvalue weighted by Gasteiger charge is -2.25. The van der Waals surface area contributed by atoms with Crippen LogP contribution in [0.15, 0.2) is 72.3 Å². The average Bonchev–Trinajstić information content (AvgIpc) is 3.06.